The Morgan fingerprint density at radius 1 is 1.15 bits per heavy atom. The molecule has 0 aliphatic heterocycles. The molecule has 2 atom stereocenters. The number of aliphatic carboxylic acids is 1. The summed E-state index contributed by atoms with van der Waals surface area (Å²) in [6, 6.07) is 3.23. The standard InChI is InChI=1S/C22H28F3N3O5/c1-5-6-7-15(19(29)30)26-20(31)32-16(21(2,3)4)12-17-27-28-18(33-17)13-8-10-14(11-9-13)22(23,24)25/h8-11,15-16H,5-7,12H2,1-4H3,(H,26,31)(H,29,30)/t15-,16+/m0/s1. The fraction of sp³-hybridized carbons (Fsp3) is 0.545. The van der Waals surface area contributed by atoms with Crippen LogP contribution in [0.5, 0.6) is 0 Å². The van der Waals surface area contributed by atoms with Gasteiger partial charge in [-0.1, -0.05) is 40.5 Å². The smallest absolute Gasteiger partial charge is 0.416 e. The van der Waals surface area contributed by atoms with Gasteiger partial charge in [0.05, 0.1) is 12.0 Å². The molecule has 1 heterocycles. The number of aromatic nitrogens is 2. The van der Waals surface area contributed by atoms with Gasteiger partial charge in [-0.05, 0) is 36.1 Å². The van der Waals surface area contributed by atoms with Gasteiger partial charge in [0.2, 0.25) is 11.8 Å². The van der Waals surface area contributed by atoms with Crippen LogP contribution in [-0.2, 0) is 22.1 Å². The summed E-state index contributed by atoms with van der Waals surface area (Å²) in [7, 11) is 0. The summed E-state index contributed by atoms with van der Waals surface area (Å²) < 4.78 is 49.3. The zero-order valence-electron chi connectivity index (χ0n) is 18.9. The van der Waals surface area contributed by atoms with Crippen molar-refractivity contribution >= 4 is 12.1 Å². The van der Waals surface area contributed by atoms with Crippen LogP contribution in [0.2, 0.25) is 0 Å². The topological polar surface area (TPSA) is 115 Å². The fourth-order valence-electron chi connectivity index (χ4n) is 2.91. The number of hydrogen-bond acceptors (Lipinski definition) is 6. The number of carboxylic acids is 1. The molecule has 8 nitrogen and oxygen atoms in total. The molecule has 0 saturated carbocycles. The number of alkyl carbamates (subject to hydrolysis) is 1. The van der Waals surface area contributed by atoms with E-state index in [9.17, 15) is 27.9 Å². The summed E-state index contributed by atoms with van der Waals surface area (Å²) in [5, 5.41) is 19.4. The number of rotatable bonds is 9. The van der Waals surface area contributed by atoms with E-state index in [1.807, 2.05) is 27.7 Å². The monoisotopic (exact) mass is 471 g/mol. The third-order valence-corrected chi connectivity index (χ3v) is 4.94. The molecule has 2 rings (SSSR count). The first-order valence-electron chi connectivity index (χ1n) is 10.5. The zero-order chi connectivity index (χ0) is 24.8. The van der Waals surface area contributed by atoms with Gasteiger partial charge in [-0.25, -0.2) is 9.59 Å². The molecular formula is C22H28F3N3O5. The molecule has 182 valence electrons. The minimum absolute atomic E-state index is 0.0290. The van der Waals surface area contributed by atoms with Crippen LogP contribution in [0.3, 0.4) is 0 Å². The maximum Gasteiger partial charge on any atom is 0.416 e. The molecule has 0 radical (unpaired) electrons. The molecule has 0 saturated heterocycles. The van der Waals surface area contributed by atoms with Crippen LogP contribution in [0.4, 0.5) is 18.0 Å². The van der Waals surface area contributed by atoms with Crippen LogP contribution < -0.4 is 5.32 Å². The Hall–Kier alpha value is -3.11. The predicted octanol–water partition coefficient (Wildman–Crippen LogP) is 5.08. The van der Waals surface area contributed by atoms with Gasteiger partial charge in [0, 0.05) is 5.56 Å². The molecule has 1 aromatic carbocycles. The quantitative estimate of drug-likeness (QED) is 0.524. The maximum atomic E-state index is 12.7. The summed E-state index contributed by atoms with van der Waals surface area (Å²) in [5.74, 6) is -0.995. The normalized spacial score (nSPS) is 13.9. The number of ether oxygens (including phenoxy) is 1. The lowest BCUT2D eigenvalue weighted by Crippen LogP contribution is -2.44. The van der Waals surface area contributed by atoms with Crippen LogP contribution in [-0.4, -0.2) is 39.5 Å². The third-order valence-electron chi connectivity index (χ3n) is 4.94. The Labute approximate surface area is 189 Å². The second-order valence-corrected chi connectivity index (χ2v) is 8.72. The van der Waals surface area contributed by atoms with E-state index in [2.05, 4.69) is 15.5 Å². The van der Waals surface area contributed by atoms with Crippen LogP contribution in [0, 0.1) is 5.41 Å². The van der Waals surface area contributed by atoms with Crippen molar-refractivity contribution in [2.24, 2.45) is 5.41 Å². The van der Waals surface area contributed by atoms with Crippen LogP contribution in [0.1, 0.15) is 58.4 Å². The molecule has 1 amide bonds. The minimum atomic E-state index is -4.45. The number of carboxylic acid groups (broad SMARTS) is 1. The number of unbranched alkanes of at least 4 members (excludes halogenated alkanes) is 1. The van der Waals surface area contributed by atoms with Crippen LogP contribution in [0.15, 0.2) is 28.7 Å². The fourth-order valence-corrected chi connectivity index (χ4v) is 2.91. The number of benzene rings is 1. The average Bonchev–Trinajstić information content (AvgIpc) is 3.18. The minimum Gasteiger partial charge on any atom is -0.480 e. The second-order valence-electron chi connectivity index (χ2n) is 8.72. The lowest BCUT2D eigenvalue weighted by atomic mass is 9.87. The van der Waals surface area contributed by atoms with E-state index in [0.29, 0.717) is 12.0 Å². The maximum absolute atomic E-state index is 12.7. The van der Waals surface area contributed by atoms with E-state index < -0.39 is 41.4 Å². The number of amides is 1. The highest BCUT2D eigenvalue weighted by Crippen LogP contribution is 2.31. The number of alkyl halides is 3. The molecule has 0 fully saturated rings. The molecule has 0 unspecified atom stereocenters. The average molecular weight is 471 g/mol. The van der Waals surface area contributed by atoms with Crippen molar-refractivity contribution in [2.45, 2.75) is 71.7 Å². The van der Waals surface area contributed by atoms with Crippen molar-refractivity contribution in [2.75, 3.05) is 0 Å². The van der Waals surface area contributed by atoms with Gasteiger partial charge in [-0.3, -0.25) is 0 Å². The molecule has 2 aromatic rings. The number of halogens is 3. The molecule has 0 aliphatic carbocycles. The van der Waals surface area contributed by atoms with Crippen molar-refractivity contribution in [1.82, 2.24) is 15.5 Å². The van der Waals surface area contributed by atoms with Gasteiger partial charge in [-0.2, -0.15) is 13.2 Å². The highest BCUT2D eigenvalue weighted by molar-refractivity contribution is 5.79. The van der Waals surface area contributed by atoms with Gasteiger partial charge in [0.15, 0.2) is 0 Å². The summed E-state index contributed by atoms with van der Waals surface area (Å²) in [6.07, 6.45) is -4.33. The first kappa shape index (κ1) is 26.1. The summed E-state index contributed by atoms with van der Waals surface area (Å²) in [6.45, 7) is 7.38. The Morgan fingerprint density at radius 3 is 2.30 bits per heavy atom. The molecule has 1 aromatic heterocycles. The van der Waals surface area contributed by atoms with E-state index in [-0.39, 0.29) is 24.6 Å². The van der Waals surface area contributed by atoms with Crippen molar-refractivity contribution < 1.29 is 37.0 Å². The highest BCUT2D eigenvalue weighted by Gasteiger charge is 2.33. The highest BCUT2D eigenvalue weighted by atomic mass is 19.4. The molecule has 2 N–H and O–H groups in total. The zero-order valence-corrected chi connectivity index (χ0v) is 18.9. The van der Waals surface area contributed by atoms with Gasteiger partial charge in [0.1, 0.15) is 12.1 Å². The van der Waals surface area contributed by atoms with Crippen LogP contribution in [0.25, 0.3) is 11.5 Å². The van der Waals surface area contributed by atoms with Gasteiger partial charge in [-0.15, -0.1) is 10.2 Å². The summed E-state index contributed by atoms with van der Waals surface area (Å²) >= 11 is 0. The van der Waals surface area contributed by atoms with Gasteiger partial charge >= 0.3 is 18.2 Å². The Morgan fingerprint density at radius 2 is 1.79 bits per heavy atom. The third kappa shape index (κ3) is 7.76. The molecule has 11 heteroatoms. The number of nitrogens with zero attached hydrogens (tertiary/aromatic N) is 2. The first-order valence-corrected chi connectivity index (χ1v) is 10.5. The number of carbonyl (C=O) groups is 2. The SMILES string of the molecule is CCCC[C@H](NC(=O)O[C@H](Cc1nnc(-c2ccc(C(F)(F)F)cc2)o1)C(C)(C)C)C(=O)O. The van der Waals surface area contributed by atoms with E-state index in [0.717, 1.165) is 18.6 Å². The predicted molar refractivity (Wildman–Crippen MR) is 112 cm³/mol. The van der Waals surface area contributed by atoms with Crippen molar-refractivity contribution in [1.29, 1.82) is 0 Å². The largest absolute Gasteiger partial charge is 0.480 e. The lowest BCUT2D eigenvalue weighted by Gasteiger charge is -2.29. The molecular weight excluding hydrogens is 443 g/mol. The van der Waals surface area contributed by atoms with Gasteiger partial charge < -0.3 is 19.6 Å². The lowest BCUT2D eigenvalue weighted by molar-refractivity contribution is -0.140. The van der Waals surface area contributed by atoms with Crippen molar-refractivity contribution in [3.8, 4) is 11.5 Å². The Kier molecular flexibility index (Phi) is 8.45. The van der Waals surface area contributed by atoms with E-state index in [1.54, 1.807) is 0 Å². The number of nitrogens with one attached hydrogen (secondary N) is 1. The van der Waals surface area contributed by atoms with Crippen molar-refractivity contribution in [3.05, 3.63) is 35.7 Å². The Balaban J connectivity index is 2.10. The summed E-state index contributed by atoms with van der Waals surface area (Å²) in [4.78, 5) is 23.7. The molecule has 0 aliphatic rings. The summed E-state index contributed by atoms with van der Waals surface area (Å²) in [5.41, 5.74) is -1.03. The van der Waals surface area contributed by atoms with E-state index in [1.165, 1.54) is 12.1 Å². The first-order chi connectivity index (χ1) is 15.3. The van der Waals surface area contributed by atoms with Crippen molar-refractivity contribution in [3.63, 3.8) is 0 Å². The molecule has 0 spiro atoms. The Bertz CT molecular complexity index is 936. The van der Waals surface area contributed by atoms with E-state index >= 15 is 0 Å². The molecule has 33 heavy (non-hydrogen) atoms. The number of hydrogen-bond donors (Lipinski definition) is 2. The second kappa shape index (κ2) is 10.7. The van der Waals surface area contributed by atoms with Crippen LogP contribution >= 0.6 is 0 Å². The molecule has 0 bridgehead atoms. The van der Waals surface area contributed by atoms with Gasteiger partial charge in [0.25, 0.3) is 0 Å². The van der Waals surface area contributed by atoms with E-state index in [4.69, 9.17) is 9.15 Å². The number of carbonyl (C=O) groups excluding carboxylic acids is 1.